The van der Waals surface area contributed by atoms with E-state index in [1.165, 1.54) is 5.56 Å². The maximum atomic E-state index is 12.3. The number of nitriles is 1. The van der Waals surface area contributed by atoms with Crippen molar-refractivity contribution < 1.29 is 9.32 Å². The summed E-state index contributed by atoms with van der Waals surface area (Å²) in [6.07, 6.45) is 6.63. The Labute approximate surface area is 198 Å². The van der Waals surface area contributed by atoms with Crippen LogP contribution < -0.4 is 10.6 Å². The van der Waals surface area contributed by atoms with Gasteiger partial charge in [0.05, 0.1) is 12.4 Å². The number of nitrogens with one attached hydrogen (secondary N) is 2. The van der Waals surface area contributed by atoms with Gasteiger partial charge in [0.25, 0.3) is 5.91 Å². The minimum Gasteiger partial charge on any atom is -0.356 e. The summed E-state index contributed by atoms with van der Waals surface area (Å²) in [5.41, 5.74) is 3.99. The lowest BCUT2D eigenvalue weighted by Gasteiger charge is -2.07. The molecule has 4 rings (SSSR count). The van der Waals surface area contributed by atoms with Crippen molar-refractivity contribution in [3.63, 3.8) is 0 Å². The molecule has 0 aliphatic heterocycles. The Morgan fingerprint density at radius 3 is 2.79 bits per heavy atom. The molecule has 8 nitrogen and oxygen atoms in total. The predicted octanol–water partition coefficient (Wildman–Crippen LogP) is 4.03. The summed E-state index contributed by atoms with van der Waals surface area (Å²) >= 11 is 0. The predicted molar refractivity (Wildman–Crippen MR) is 128 cm³/mol. The molecule has 1 atom stereocenters. The van der Waals surface area contributed by atoms with E-state index in [0.717, 1.165) is 37.2 Å². The molecule has 0 spiro atoms. The average Bonchev–Trinajstić information content (AvgIpc) is 3.57. The molecule has 8 heteroatoms. The molecule has 4 aromatic rings. The van der Waals surface area contributed by atoms with E-state index in [2.05, 4.69) is 37.5 Å². The zero-order valence-corrected chi connectivity index (χ0v) is 18.9. The molecule has 0 bridgehead atoms. The smallest absolute Gasteiger partial charge is 0.252 e. The van der Waals surface area contributed by atoms with Crippen molar-refractivity contribution >= 4 is 5.91 Å². The molecule has 0 radical (unpaired) electrons. The van der Waals surface area contributed by atoms with Gasteiger partial charge in [-0.05, 0) is 37.6 Å². The Morgan fingerprint density at radius 1 is 1.18 bits per heavy atom. The van der Waals surface area contributed by atoms with Crippen LogP contribution in [-0.4, -0.2) is 33.2 Å². The number of amides is 1. The van der Waals surface area contributed by atoms with Crippen molar-refractivity contribution in [3.8, 4) is 28.7 Å². The highest BCUT2D eigenvalue weighted by molar-refractivity contribution is 5.95. The molecule has 172 valence electrons. The molecule has 34 heavy (non-hydrogen) atoms. The van der Waals surface area contributed by atoms with Crippen LogP contribution in [-0.2, 0) is 13.1 Å². The Hall–Kier alpha value is -4.22. The van der Waals surface area contributed by atoms with Gasteiger partial charge in [-0.1, -0.05) is 41.6 Å². The summed E-state index contributed by atoms with van der Waals surface area (Å²) < 4.78 is 7.63. The second-order valence-corrected chi connectivity index (χ2v) is 8.01. The van der Waals surface area contributed by atoms with Gasteiger partial charge in [-0.25, -0.2) is 4.98 Å². The molecule has 0 saturated heterocycles. The van der Waals surface area contributed by atoms with Crippen molar-refractivity contribution in [1.29, 1.82) is 5.26 Å². The largest absolute Gasteiger partial charge is 0.356 e. The lowest BCUT2D eigenvalue weighted by atomic mass is 10.1. The van der Waals surface area contributed by atoms with Gasteiger partial charge in [-0.15, -0.1) is 0 Å². The molecule has 0 fully saturated rings. The Bertz CT molecular complexity index is 1260. The lowest BCUT2D eigenvalue weighted by molar-refractivity contribution is 0.0948. The van der Waals surface area contributed by atoms with E-state index < -0.39 is 6.04 Å². The van der Waals surface area contributed by atoms with Gasteiger partial charge < -0.3 is 19.7 Å². The quantitative estimate of drug-likeness (QED) is 0.350. The SMILES string of the molecule is CC(C#N)NC(=O)c1cccc(-c2cc(-c3ccc(CNCCCn4ccnc4)cc3)on2)c1. The number of nitrogens with zero attached hydrogens (tertiary/aromatic N) is 4. The molecule has 1 unspecified atom stereocenters. The fourth-order valence-corrected chi connectivity index (χ4v) is 3.50. The monoisotopic (exact) mass is 454 g/mol. The summed E-state index contributed by atoms with van der Waals surface area (Å²) in [6.45, 7) is 4.31. The van der Waals surface area contributed by atoms with E-state index in [1.807, 2.05) is 42.9 Å². The minimum atomic E-state index is -0.560. The number of carbonyl (C=O) groups excluding carboxylic acids is 1. The van der Waals surface area contributed by atoms with E-state index in [9.17, 15) is 4.79 Å². The summed E-state index contributed by atoms with van der Waals surface area (Å²) in [7, 11) is 0. The summed E-state index contributed by atoms with van der Waals surface area (Å²) in [4.78, 5) is 16.4. The van der Waals surface area contributed by atoms with Gasteiger partial charge >= 0.3 is 0 Å². The number of hydrogen-bond donors (Lipinski definition) is 2. The van der Waals surface area contributed by atoms with Crippen LogP contribution in [0.15, 0.2) is 77.8 Å². The highest BCUT2D eigenvalue weighted by Gasteiger charge is 2.13. The second kappa shape index (κ2) is 11.1. The third-order valence-corrected chi connectivity index (χ3v) is 5.37. The molecule has 2 aromatic heterocycles. The van der Waals surface area contributed by atoms with Crippen LogP contribution in [0.2, 0.25) is 0 Å². The van der Waals surface area contributed by atoms with Crippen LogP contribution in [0.25, 0.3) is 22.6 Å². The van der Waals surface area contributed by atoms with E-state index in [1.54, 1.807) is 31.3 Å². The molecule has 2 aromatic carbocycles. The molecule has 0 saturated carbocycles. The Kier molecular flexibility index (Phi) is 7.48. The maximum Gasteiger partial charge on any atom is 0.252 e. The second-order valence-electron chi connectivity index (χ2n) is 8.01. The number of hydrogen-bond acceptors (Lipinski definition) is 6. The van der Waals surface area contributed by atoms with Crippen molar-refractivity contribution in [2.75, 3.05) is 6.54 Å². The number of aryl methyl sites for hydroxylation is 1. The molecule has 2 N–H and O–H groups in total. The Balaban J connectivity index is 1.33. The zero-order valence-electron chi connectivity index (χ0n) is 18.9. The highest BCUT2D eigenvalue weighted by Crippen LogP contribution is 2.27. The summed E-state index contributed by atoms with van der Waals surface area (Å²) in [6, 6.07) is 18.6. The number of benzene rings is 2. The average molecular weight is 455 g/mol. The van der Waals surface area contributed by atoms with Gasteiger partial charge in [0, 0.05) is 48.2 Å². The minimum absolute atomic E-state index is 0.300. The molecule has 2 heterocycles. The standard InChI is InChI=1S/C26H26N6O2/c1-19(16-27)30-26(33)23-5-2-4-22(14-23)24-15-25(34-31-24)21-8-6-20(7-9-21)17-28-10-3-12-32-13-11-29-18-32/h2,4-9,11,13-15,18-19,28H,3,10,12,17H2,1H3,(H,30,33). The Morgan fingerprint density at radius 2 is 2.03 bits per heavy atom. The van der Waals surface area contributed by atoms with E-state index in [4.69, 9.17) is 9.78 Å². The van der Waals surface area contributed by atoms with Crippen LogP contribution in [0.1, 0.15) is 29.3 Å². The molecule has 0 aliphatic carbocycles. The lowest BCUT2D eigenvalue weighted by Crippen LogP contribution is -2.31. The first kappa shape index (κ1) is 23.0. The maximum absolute atomic E-state index is 12.3. The van der Waals surface area contributed by atoms with Crippen LogP contribution in [0.4, 0.5) is 0 Å². The number of rotatable bonds is 10. The third-order valence-electron chi connectivity index (χ3n) is 5.37. The van der Waals surface area contributed by atoms with Crippen LogP contribution in [0.5, 0.6) is 0 Å². The van der Waals surface area contributed by atoms with E-state index >= 15 is 0 Å². The molecule has 1 amide bonds. The van der Waals surface area contributed by atoms with Gasteiger partial charge in [-0.2, -0.15) is 5.26 Å². The fourth-order valence-electron chi connectivity index (χ4n) is 3.50. The molecular weight excluding hydrogens is 428 g/mol. The van der Waals surface area contributed by atoms with Crippen molar-refractivity contribution in [1.82, 2.24) is 25.3 Å². The van der Waals surface area contributed by atoms with Crippen molar-refractivity contribution in [2.24, 2.45) is 0 Å². The first-order chi connectivity index (χ1) is 16.6. The van der Waals surface area contributed by atoms with Gasteiger partial charge in [-0.3, -0.25) is 4.79 Å². The van der Waals surface area contributed by atoms with Gasteiger partial charge in [0.1, 0.15) is 11.7 Å². The van der Waals surface area contributed by atoms with Gasteiger partial charge in [0.2, 0.25) is 0 Å². The van der Waals surface area contributed by atoms with Crippen LogP contribution >= 0.6 is 0 Å². The molecule has 0 aliphatic rings. The van der Waals surface area contributed by atoms with Crippen molar-refractivity contribution in [3.05, 3.63) is 84.4 Å². The first-order valence-corrected chi connectivity index (χ1v) is 11.2. The van der Waals surface area contributed by atoms with Crippen LogP contribution in [0, 0.1) is 11.3 Å². The van der Waals surface area contributed by atoms with E-state index in [0.29, 0.717) is 17.0 Å². The number of imidazole rings is 1. The third kappa shape index (κ3) is 5.97. The first-order valence-electron chi connectivity index (χ1n) is 11.2. The number of carbonyl (C=O) groups is 1. The van der Waals surface area contributed by atoms with E-state index in [-0.39, 0.29) is 5.91 Å². The topological polar surface area (TPSA) is 109 Å². The van der Waals surface area contributed by atoms with Crippen molar-refractivity contribution in [2.45, 2.75) is 32.5 Å². The normalized spacial score (nSPS) is 11.6. The zero-order chi connectivity index (χ0) is 23.8. The van der Waals surface area contributed by atoms with Gasteiger partial charge in [0.15, 0.2) is 5.76 Å². The summed E-state index contributed by atoms with van der Waals surface area (Å²) in [5.74, 6) is 0.355. The molecular formula is C26H26N6O2. The number of aromatic nitrogens is 3. The summed E-state index contributed by atoms with van der Waals surface area (Å²) in [5, 5.41) is 19.2. The fraction of sp³-hybridized carbons (Fsp3) is 0.231. The highest BCUT2D eigenvalue weighted by atomic mass is 16.5. The van der Waals surface area contributed by atoms with Crippen LogP contribution in [0.3, 0.4) is 0 Å².